The fraction of sp³-hybridized carbons (Fsp3) is 0.429. The minimum absolute atomic E-state index is 0.0431. The van der Waals surface area contributed by atoms with Crippen molar-refractivity contribution in [2.24, 2.45) is 0 Å². The van der Waals surface area contributed by atoms with E-state index in [1.807, 2.05) is 30.3 Å². The van der Waals surface area contributed by atoms with Gasteiger partial charge < -0.3 is 20.1 Å². The monoisotopic (exact) mass is 278 g/mol. The van der Waals surface area contributed by atoms with Crippen LogP contribution in [0.25, 0.3) is 0 Å². The molecule has 6 heteroatoms. The molecule has 0 bridgehead atoms. The molecule has 2 rings (SSSR count). The number of amides is 2. The molecule has 1 aromatic rings. The van der Waals surface area contributed by atoms with E-state index in [2.05, 4.69) is 5.32 Å². The van der Waals surface area contributed by atoms with E-state index >= 15 is 0 Å². The van der Waals surface area contributed by atoms with Gasteiger partial charge in [0.05, 0.1) is 13.2 Å². The molecule has 0 saturated carbocycles. The van der Waals surface area contributed by atoms with Crippen LogP contribution in [0.3, 0.4) is 0 Å². The highest BCUT2D eigenvalue weighted by atomic mass is 16.5. The lowest BCUT2D eigenvalue weighted by molar-refractivity contribution is -0.147. The van der Waals surface area contributed by atoms with Gasteiger partial charge in [0.25, 0.3) is 0 Å². The van der Waals surface area contributed by atoms with Gasteiger partial charge in [0.1, 0.15) is 0 Å². The summed E-state index contributed by atoms with van der Waals surface area (Å²) < 4.78 is 5.10. The largest absolute Gasteiger partial charge is 0.480 e. The topological polar surface area (TPSA) is 78.9 Å². The molecule has 20 heavy (non-hydrogen) atoms. The molecular weight excluding hydrogens is 260 g/mol. The number of urea groups is 1. The quantitative estimate of drug-likeness (QED) is 0.850. The van der Waals surface area contributed by atoms with Crippen molar-refractivity contribution in [3.8, 4) is 0 Å². The van der Waals surface area contributed by atoms with E-state index in [1.54, 1.807) is 0 Å². The standard InChI is InChI=1S/C14H18N2O4/c17-13(18)12-10-20-9-8-16(12)14(19)15-7-6-11-4-2-1-3-5-11/h1-5,12H,6-10H2,(H,15,19)(H,17,18). The number of hydrogen-bond acceptors (Lipinski definition) is 3. The first-order valence-electron chi connectivity index (χ1n) is 6.57. The smallest absolute Gasteiger partial charge is 0.328 e. The Hall–Kier alpha value is -2.08. The third-order valence-corrected chi connectivity index (χ3v) is 3.21. The van der Waals surface area contributed by atoms with Crippen molar-refractivity contribution in [3.63, 3.8) is 0 Å². The molecule has 0 aromatic heterocycles. The highest BCUT2D eigenvalue weighted by Crippen LogP contribution is 2.07. The summed E-state index contributed by atoms with van der Waals surface area (Å²) in [6.07, 6.45) is 0.717. The van der Waals surface area contributed by atoms with Gasteiger partial charge in [-0.25, -0.2) is 9.59 Å². The number of ether oxygens (including phenoxy) is 1. The Morgan fingerprint density at radius 3 is 2.80 bits per heavy atom. The van der Waals surface area contributed by atoms with E-state index < -0.39 is 12.0 Å². The second-order valence-corrected chi connectivity index (χ2v) is 4.59. The van der Waals surface area contributed by atoms with Gasteiger partial charge in [0, 0.05) is 13.1 Å². The van der Waals surface area contributed by atoms with Crippen molar-refractivity contribution >= 4 is 12.0 Å². The van der Waals surface area contributed by atoms with Crippen molar-refractivity contribution in [3.05, 3.63) is 35.9 Å². The molecule has 1 aromatic carbocycles. The normalized spacial score (nSPS) is 18.6. The first-order chi connectivity index (χ1) is 9.68. The zero-order valence-corrected chi connectivity index (χ0v) is 11.1. The summed E-state index contributed by atoms with van der Waals surface area (Å²) in [4.78, 5) is 24.4. The van der Waals surface area contributed by atoms with E-state index in [0.717, 1.165) is 5.56 Å². The molecule has 0 radical (unpaired) electrons. The Balaban J connectivity index is 1.83. The molecule has 6 nitrogen and oxygen atoms in total. The van der Waals surface area contributed by atoms with Gasteiger partial charge in [-0.2, -0.15) is 0 Å². The highest BCUT2D eigenvalue weighted by molar-refractivity contribution is 5.83. The summed E-state index contributed by atoms with van der Waals surface area (Å²) >= 11 is 0. The number of morpholine rings is 1. The van der Waals surface area contributed by atoms with Crippen LogP contribution in [0.15, 0.2) is 30.3 Å². The summed E-state index contributed by atoms with van der Waals surface area (Å²) in [5.74, 6) is -1.04. The second kappa shape index (κ2) is 6.91. The van der Waals surface area contributed by atoms with Gasteiger partial charge in [-0.15, -0.1) is 0 Å². The molecule has 1 atom stereocenters. The molecule has 0 spiro atoms. The van der Waals surface area contributed by atoms with Crippen molar-refractivity contribution in [2.75, 3.05) is 26.3 Å². The van der Waals surface area contributed by atoms with E-state index in [9.17, 15) is 9.59 Å². The highest BCUT2D eigenvalue weighted by Gasteiger charge is 2.32. The summed E-state index contributed by atoms with van der Waals surface area (Å²) in [7, 11) is 0. The van der Waals surface area contributed by atoms with Crippen LogP contribution in [0, 0.1) is 0 Å². The Kier molecular flexibility index (Phi) is 4.95. The number of carbonyl (C=O) groups is 2. The Labute approximate surface area is 117 Å². The van der Waals surface area contributed by atoms with Gasteiger partial charge >= 0.3 is 12.0 Å². The van der Waals surface area contributed by atoms with E-state index in [0.29, 0.717) is 26.1 Å². The number of nitrogens with zero attached hydrogens (tertiary/aromatic N) is 1. The van der Waals surface area contributed by atoms with Gasteiger partial charge in [0.2, 0.25) is 0 Å². The third kappa shape index (κ3) is 3.71. The first kappa shape index (κ1) is 14.3. The Morgan fingerprint density at radius 2 is 2.10 bits per heavy atom. The molecule has 1 heterocycles. The predicted molar refractivity (Wildman–Crippen MR) is 72.5 cm³/mol. The number of benzene rings is 1. The fourth-order valence-corrected chi connectivity index (χ4v) is 2.11. The molecular formula is C14H18N2O4. The molecule has 1 saturated heterocycles. The molecule has 0 aliphatic carbocycles. The summed E-state index contributed by atoms with van der Waals surface area (Å²) in [6, 6.07) is 8.55. The Bertz CT molecular complexity index is 464. The predicted octanol–water partition coefficient (Wildman–Crippen LogP) is 0.724. The lowest BCUT2D eigenvalue weighted by atomic mass is 10.1. The minimum atomic E-state index is -1.04. The van der Waals surface area contributed by atoms with Crippen LogP contribution in [0.4, 0.5) is 4.79 Å². The number of hydrogen-bond donors (Lipinski definition) is 2. The van der Waals surface area contributed by atoms with Crippen LogP contribution < -0.4 is 5.32 Å². The summed E-state index contributed by atoms with van der Waals surface area (Å²) in [5, 5.41) is 11.8. The molecule has 1 aliphatic heterocycles. The Morgan fingerprint density at radius 1 is 1.35 bits per heavy atom. The molecule has 2 N–H and O–H groups in total. The van der Waals surface area contributed by atoms with Crippen molar-refractivity contribution in [1.29, 1.82) is 0 Å². The minimum Gasteiger partial charge on any atom is -0.480 e. The third-order valence-electron chi connectivity index (χ3n) is 3.21. The van der Waals surface area contributed by atoms with Crippen LogP contribution >= 0.6 is 0 Å². The molecule has 1 aliphatic rings. The number of carboxylic acids is 1. The molecule has 1 unspecified atom stereocenters. The number of carboxylic acid groups (broad SMARTS) is 1. The van der Waals surface area contributed by atoms with E-state index in [1.165, 1.54) is 4.90 Å². The second-order valence-electron chi connectivity index (χ2n) is 4.59. The van der Waals surface area contributed by atoms with Gasteiger partial charge in [0.15, 0.2) is 6.04 Å². The van der Waals surface area contributed by atoms with Crippen LogP contribution in [-0.4, -0.2) is 54.4 Å². The van der Waals surface area contributed by atoms with Crippen molar-refractivity contribution < 1.29 is 19.4 Å². The van der Waals surface area contributed by atoms with Crippen LogP contribution in [0.2, 0.25) is 0 Å². The van der Waals surface area contributed by atoms with Gasteiger partial charge in [-0.05, 0) is 12.0 Å². The number of nitrogens with one attached hydrogen (secondary N) is 1. The van der Waals surface area contributed by atoms with Crippen molar-refractivity contribution in [1.82, 2.24) is 10.2 Å². The number of rotatable bonds is 4. The summed E-state index contributed by atoms with van der Waals surface area (Å²) in [6.45, 7) is 1.19. The number of aliphatic carboxylic acids is 1. The van der Waals surface area contributed by atoms with Crippen LogP contribution in [-0.2, 0) is 16.0 Å². The fourth-order valence-electron chi connectivity index (χ4n) is 2.11. The van der Waals surface area contributed by atoms with E-state index in [4.69, 9.17) is 9.84 Å². The zero-order valence-electron chi connectivity index (χ0n) is 11.1. The van der Waals surface area contributed by atoms with Gasteiger partial charge in [-0.1, -0.05) is 30.3 Å². The molecule has 108 valence electrons. The maximum Gasteiger partial charge on any atom is 0.328 e. The average molecular weight is 278 g/mol. The van der Waals surface area contributed by atoms with Crippen LogP contribution in [0.5, 0.6) is 0 Å². The maximum absolute atomic E-state index is 12.0. The van der Waals surface area contributed by atoms with Gasteiger partial charge in [-0.3, -0.25) is 0 Å². The molecule has 1 fully saturated rings. The lowest BCUT2D eigenvalue weighted by Gasteiger charge is -2.32. The molecule has 2 amide bonds. The first-order valence-corrected chi connectivity index (χ1v) is 6.57. The lowest BCUT2D eigenvalue weighted by Crippen LogP contribution is -2.55. The summed E-state index contributed by atoms with van der Waals surface area (Å²) in [5.41, 5.74) is 1.13. The van der Waals surface area contributed by atoms with Crippen LogP contribution in [0.1, 0.15) is 5.56 Å². The maximum atomic E-state index is 12.0. The zero-order chi connectivity index (χ0) is 14.4. The van der Waals surface area contributed by atoms with Crippen molar-refractivity contribution in [2.45, 2.75) is 12.5 Å². The average Bonchev–Trinajstić information content (AvgIpc) is 2.48. The SMILES string of the molecule is O=C(O)C1COCCN1C(=O)NCCc1ccccc1. The number of carbonyl (C=O) groups excluding carboxylic acids is 1. The van der Waals surface area contributed by atoms with E-state index in [-0.39, 0.29) is 12.6 Å².